The fraction of sp³-hybridized carbons (Fsp3) is 0.867. The molecule has 20 heavy (non-hydrogen) atoms. The first-order valence-electron chi connectivity index (χ1n) is 7.65. The molecule has 1 saturated heterocycles. The highest BCUT2D eigenvalue weighted by Crippen LogP contribution is 2.20. The molecule has 0 aromatic heterocycles. The van der Waals surface area contributed by atoms with Crippen LogP contribution in [0.4, 0.5) is 0 Å². The zero-order valence-corrected chi connectivity index (χ0v) is 12.9. The van der Waals surface area contributed by atoms with Gasteiger partial charge in [-0.1, -0.05) is 20.3 Å². The van der Waals surface area contributed by atoms with Crippen LogP contribution in [0.5, 0.6) is 0 Å². The molecule has 0 saturated carbocycles. The standard InChI is InChI=1S/C15H28N2O3/c1-11(2)12(3)16-14(18)10-17-9-5-4-6-13(17)7-8-15(19)20/h11-13H,4-10H2,1-3H3,(H,16,18)(H,19,20). The number of amides is 1. The van der Waals surface area contributed by atoms with Gasteiger partial charge < -0.3 is 10.4 Å². The first-order chi connectivity index (χ1) is 9.40. The molecular weight excluding hydrogens is 256 g/mol. The van der Waals surface area contributed by atoms with Crippen LogP contribution in [0.15, 0.2) is 0 Å². The minimum absolute atomic E-state index is 0.0495. The molecule has 2 atom stereocenters. The molecule has 5 heteroatoms. The van der Waals surface area contributed by atoms with Crippen molar-refractivity contribution in [2.75, 3.05) is 13.1 Å². The topological polar surface area (TPSA) is 69.6 Å². The molecule has 0 bridgehead atoms. The number of carboxylic acids is 1. The molecule has 2 unspecified atom stereocenters. The molecule has 1 rings (SSSR count). The fourth-order valence-electron chi connectivity index (χ4n) is 2.54. The number of nitrogens with zero attached hydrogens (tertiary/aromatic N) is 1. The molecule has 5 nitrogen and oxygen atoms in total. The van der Waals surface area contributed by atoms with Crippen LogP contribution in [0.3, 0.4) is 0 Å². The van der Waals surface area contributed by atoms with E-state index < -0.39 is 5.97 Å². The molecular formula is C15H28N2O3. The number of carbonyl (C=O) groups is 2. The van der Waals surface area contributed by atoms with E-state index in [1.165, 1.54) is 0 Å². The third-order valence-electron chi connectivity index (χ3n) is 4.18. The van der Waals surface area contributed by atoms with E-state index in [1.807, 2.05) is 6.92 Å². The zero-order valence-electron chi connectivity index (χ0n) is 12.9. The number of carbonyl (C=O) groups excluding carboxylic acids is 1. The summed E-state index contributed by atoms with van der Waals surface area (Å²) in [6, 6.07) is 0.407. The highest BCUT2D eigenvalue weighted by Gasteiger charge is 2.25. The van der Waals surface area contributed by atoms with Gasteiger partial charge in [0, 0.05) is 18.5 Å². The Morgan fingerprint density at radius 2 is 2.00 bits per heavy atom. The van der Waals surface area contributed by atoms with Crippen molar-refractivity contribution in [3.8, 4) is 0 Å². The Labute approximate surface area is 121 Å². The maximum atomic E-state index is 12.0. The average Bonchev–Trinajstić information content (AvgIpc) is 2.37. The molecule has 116 valence electrons. The third kappa shape index (κ3) is 5.90. The van der Waals surface area contributed by atoms with Gasteiger partial charge in [0.1, 0.15) is 0 Å². The highest BCUT2D eigenvalue weighted by atomic mass is 16.4. The lowest BCUT2D eigenvalue weighted by atomic mass is 9.98. The summed E-state index contributed by atoms with van der Waals surface area (Å²) < 4.78 is 0. The predicted octanol–water partition coefficient (Wildman–Crippen LogP) is 1.87. The zero-order chi connectivity index (χ0) is 15.1. The smallest absolute Gasteiger partial charge is 0.303 e. The van der Waals surface area contributed by atoms with Gasteiger partial charge in [0.15, 0.2) is 0 Å². The maximum absolute atomic E-state index is 12.0. The summed E-state index contributed by atoms with van der Waals surface area (Å²) in [7, 11) is 0. The first-order valence-corrected chi connectivity index (χ1v) is 7.65. The van der Waals surface area contributed by atoms with Crippen LogP contribution in [-0.2, 0) is 9.59 Å². The summed E-state index contributed by atoms with van der Waals surface area (Å²) >= 11 is 0. The van der Waals surface area contributed by atoms with E-state index in [-0.39, 0.29) is 24.4 Å². The van der Waals surface area contributed by atoms with E-state index in [9.17, 15) is 9.59 Å². The van der Waals surface area contributed by atoms with Gasteiger partial charge in [0.25, 0.3) is 0 Å². The second kappa shape index (κ2) is 8.25. The molecule has 0 aromatic rings. The van der Waals surface area contributed by atoms with Crippen molar-refractivity contribution >= 4 is 11.9 Å². The number of nitrogens with one attached hydrogen (secondary N) is 1. The Morgan fingerprint density at radius 3 is 2.60 bits per heavy atom. The largest absolute Gasteiger partial charge is 0.481 e. The van der Waals surface area contributed by atoms with Gasteiger partial charge in [-0.2, -0.15) is 0 Å². The van der Waals surface area contributed by atoms with Gasteiger partial charge in [0.05, 0.1) is 6.54 Å². The number of likely N-dealkylation sites (tertiary alicyclic amines) is 1. The number of rotatable bonds is 7. The van der Waals surface area contributed by atoms with E-state index in [0.29, 0.717) is 18.9 Å². The Bertz CT molecular complexity index is 331. The van der Waals surface area contributed by atoms with E-state index in [4.69, 9.17) is 5.11 Å². The van der Waals surface area contributed by atoms with Crippen molar-refractivity contribution < 1.29 is 14.7 Å². The van der Waals surface area contributed by atoms with Crippen molar-refractivity contribution in [3.63, 3.8) is 0 Å². The van der Waals surface area contributed by atoms with Gasteiger partial charge in [-0.15, -0.1) is 0 Å². The second-order valence-corrected chi connectivity index (χ2v) is 6.15. The Hall–Kier alpha value is -1.10. The van der Waals surface area contributed by atoms with Crippen molar-refractivity contribution in [1.29, 1.82) is 0 Å². The number of carboxylic acid groups (broad SMARTS) is 1. The average molecular weight is 284 g/mol. The predicted molar refractivity (Wildman–Crippen MR) is 78.5 cm³/mol. The highest BCUT2D eigenvalue weighted by molar-refractivity contribution is 5.78. The maximum Gasteiger partial charge on any atom is 0.303 e. The number of aliphatic carboxylic acids is 1. The quantitative estimate of drug-likeness (QED) is 0.749. The number of hydrogen-bond acceptors (Lipinski definition) is 3. The molecule has 0 aromatic carbocycles. The third-order valence-corrected chi connectivity index (χ3v) is 4.18. The molecule has 1 aliphatic rings. The van der Waals surface area contributed by atoms with Crippen LogP contribution in [0.25, 0.3) is 0 Å². The minimum Gasteiger partial charge on any atom is -0.481 e. The van der Waals surface area contributed by atoms with Crippen LogP contribution >= 0.6 is 0 Å². The number of piperidine rings is 1. The van der Waals surface area contributed by atoms with Gasteiger partial charge in [0.2, 0.25) is 5.91 Å². The molecule has 1 aliphatic heterocycles. The Balaban J connectivity index is 2.45. The summed E-state index contributed by atoms with van der Waals surface area (Å²) in [5.74, 6) is -0.287. The van der Waals surface area contributed by atoms with Crippen LogP contribution < -0.4 is 5.32 Å². The summed E-state index contributed by atoms with van der Waals surface area (Å²) in [6.07, 6.45) is 4.05. The Kier molecular flexibility index (Phi) is 6.99. The van der Waals surface area contributed by atoms with Crippen LogP contribution in [0.2, 0.25) is 0 Å². The lowest BCUT2D eigenvalue weighted by molar-refractivity contribution is -0.137. The van der Waals surface area contributed by atoms with Gasteiger partial charge >= 0.3 is 5.97 Å². The minimum atomic E-state index is -0.756. The van der Waals surface area contributed by atoms with Gasteiger partial charge in [-0.05, 0) is 38.6 Å². The van der Waals surface area contributed by atoms with E-state index in [1.54, 1.807) is 0 Å². The summed E-state index contributed by atoms with van der Waals surface area (Å²) in [5.41, 5.74) is 0. The molecule has 1 heterocycles. The second-order valence-electron chi connectivity index (χ2n) is 6.15. The van der Waals surface area contributed by atoms with Crippen molar-refractivity contribution in [3.05, 3.63) is 0 Å². The fourth-order valence-corrected chi connectivity index (χ4v) is 2.54. The van der Waals surface area contributed by atoms with E-state index in [0.717, 1.165) is 25.8 Å². The van der Waals surface area contributed by atoms with Gasteiger partial charge in [-0.25, -0.2) is 0 Å². The van der Waals surface area contributed by atoms with E-state index >= 15 is 0 Å². The molecule has 0 spiro atoms. The van der Waals surface area contributed by atoms with Crippen molar-refractivity contribution in [1.82, 2.24) is 10.2 Å². The van der Waals surface area contributed by atoms with E-state index in [2.05, 4.69) is 24.1 Å². The summed E-state index contributed by atoms with van der Waals surface area (Å²) in [5, 5.41) is 11.8. The molecule has 2 N–H and O–H groups in total. The molecule has 1 fully saturated rings. The lowest BCUT2D eigenvalue weighted by Crippen LogP contribution is -2.48. The van der Waals surface area contributed by atoms with Crippen molar-refractivity contribution in [2.24, 2.45) is 5.92 Å². The van der Waals surface area contributed by atoms with Gasteiger partial charge in [-0.3, -0.25) is 14.5 Å². The van der Waals surface area contributed by atoms with Crippen LogP contribution in [0.1, 0.15) is 52.9 Å². The SMILES string of the molecule is CC(C)C(C)NC(=O)CN1CCCCC1CCC(=O)O. The van der Waals surface area contributed by atoms with Crippen LogP contribution in [-0.4, -0.2) is 47.1 Å². The molecule has 0 aliphatic carbocycles. The summed E-state index contributed by atoms with van der Waals surface area (Å²) in [4.78, 5) is 24.9. The normalized spacial score (nSPS) is 21.7. The summed E-state index contributed by atoms with van der Waals surface area (Å²) in [6.45, 7) is 7.47. The molecule has 1 amide bonds. The van der Waals surface area contributed by atoms with Crippen molar-refractivity contribution in [2.45, 2.75) is 65.0 Å². The monoisotopic (exact) mass is 284 g/mol. The van der Waals surface area contributed by atoms with Crippen LogP contribution in [0, 0.1) is 5.92 Å². The molecule has 0 radical (unpaired) electrons. The lowest BCUT2D eigenvalue weighted by Gasteiger charge is -2.35. The first kappa shape index (κ1) is 17.0. The Morgan fingerprint density at radius 1 is 1.30 bits per heavy atom. The number of hydrogen-bond donors (Lipinski definition) is 2.